The third kappa shape index (κ3) is 4.85. The summed E-state index contributed by atoms with van der Waals surface area (Å²) in [6.07, 6.45) is 0.994. The monoisotopic (exact) mass is 330 g/mol. The number of hydrogen-bond acceptors (Lipinski definition) is 3. The van der Waals surface area contributed by atoms with Crippen LogP contribution in [0, 0.1) is 0 Å². The lowest BCUT2D eigenvalue weighted by Gasteiger charge is -2.09. The first-order valence-electron chi connectivity index (χ1n) is 6.96. The number of nitrogens with one attached hydrogen (secondary N) is 1. The molecular formula is C14H17F3N4O2. The number of rotatable bonds is 7. The van der Waals surface area contributed by atoms with E-state index in [1.807, 2.05) is 12.1 Å². The Kier molecular flexibility index (Phi) is 5.43. The van der Waals surface area contributed by atoms with Crippen molar-refractivity contribution in [3.8, 4) is 5.82 Å². The van der Waals surface area contributed by atoms with Crippen LogP contribution in [0.15, 0.2) is 30.7 Å². The predicted molar refractivity (Wildman–Crippen MR) is 76.4 cm³/mol. The lowest BCUT2D eigenvalue weighted by molar-refractivity contribution is -0.173. The fourth-order valence-corrected chi connectivity index (χ4v) is 2.03. The molecule has 6 nitrogen and oxygen atoms in total. The number of nitrogens with zero attached hydrogens (tertiary/aromatic N) is 3. The number of carbonyl (C=O) groups is 1. The van der Waals surface area contributed by atoms with Crippen LogP contribution in [0.2, 0.25) is 0 Å². The fraction of sp³-hybridized carbons (Fsp3) is 0.429. The van der Waals surface area contributed by atoms with Gasteiger partial charge in [0.1, 0.15) is 18.0 Å². The molecule has 0 unspecified atom stereocenters. The van der Waals surface area contributed by atoms with Gasteiger partial charge in [-0.15, -0.1) is 0 Å². The van der Waals surface area contributed by atoms with Crippen LogP contribution in [-0.4, -0.2) is 46.2 Å². The van der Waals surface area contributed by atoms with Crippen molar-refractivity contribution in [1.29, 1.82) is 0 Å². The summed E-state index contributed by atoms with van der Waals surface area (Å²) in [6, 6.07) is 3.65. The standard InChI is InChI=1S/C14H17F3N4O2/c1-20-13(21-6-2-3-7-21)11(9-19-20)12(22)18-5-4-8-23-10-14(15,16)17/h2-3,6-7,9H,4-5,8,10H2,1H3,(H,18,22). The van der Waals surface area contributed by atoms with Gasteiger partial charge in [-0.2, -0.15) is 18.3 Å². The molecule has 126 valence electrons. The molecule has 2 rings (SSSR count). The summed E-state index contributed by atoms with van der Waals surface area (Å²) < 4.78 is 43.5. The van der Waals surface area contributed by atoms with E-state index in [1.54, 1.807) is 28.7 Å². The molecule has 0 aliphatic carbocycles. The average Bonchev–Trinajstić information content (AvgIpc) is 3.10. The van der Waals surface area contributed by atoms with Gasteiger partial charge in [0.2, 0.25) is 0 Å². The maximum Gasteiger partial charge on any atom is 0.411 e. The number of alkyl halides is 3. The number of hydrogen-bond donors (Lipinski definition) is 1. The molecule has 0 saturated carbocycles. The highest BCUT2D eigenvalue weighted by Crippen LogP contribution is 2.15. The fourth-order valence-electron chi connectivity index (χ4n) is 2.03. The van der Waals surface area contributed by atoms with Crippen molar-refractivity contribution in [2.24, 2.45) is 7.05 Å². The lowest BCUT2D eigenvalue weighted by Crippen LogP contribution is -2.26. The number of amides is 1. The van der Waals surface area contributed by atoms with Crippen LogP contribution in [-0.2, 0) is 11.8 Å². The van der Waals surface area contributed by atoms with Crippen molar-refractivity contribution >= 4 is 5.91 Å². The minimum Gasteiger partial charge on any atom is -0.372 e. The third-order valence-electron chi connectivity index (χ3n) is 3.02. The van der Waals surface area contributed by atoms with Gasteiger partial charge in [-0.3, -0.25) is 9.48 Å². The molecule has 9 heteroatoms. The number of aryl methyl sites for hydroxylation is 1. The van der Waals surface area contributed by atoms with E-state index in [-0.39, 0.29) is 19.1 Å². The third-order valence-corrected chi connectivity index (χ3v) is 3.02. The Morgan fingerprint density at radius 1 is 1.35 bits per heavy atom. The highest BCUT2D eigenvalue weighted by Gasteiger charge is 2.27. The summed E-state index contributed by atoms with van der Waals surface area (Å²) >= 11 is 0. The molecule has 2 aromatic rings. The predicted octanol–water partition coefficient (Wildman–Crippen LogP) is 1.91. The molecule has 0 fully saturated rings. The minimum atomic E-state index is -4.33. The van der Waals surface area contributed by atoms with Crippen molar-refractivity contribution in [2.45, 2.75) is 12.6 Å². The second kappa shape index (κ2) is 7.32. The molecule has 0 bridgehead atoms. The van der Waals surface area contributed by atoms with Crippen LogP contribution < -0.4 is 5.32 Å². The normalized spacial score (nSPS) is 11.7. The number of aromatic nitrogens is 3. The molecule has 2 aromatic heterocycles. The van der Waals surface area contributed by atoms with Gasteiger partial charge in [0, 0.05) is 32.6 Å². The average molecular weight is 330 g/mol. The van der Waals surface area contributed by atoms with Gasteiger partial charge >= 0.3 is 6.18 Å². The van der Waals surface area contributed by atoms with Crippen LogP contribution in [0.5, 0.6) is 0 Å². The summed E-state index contributed by atoms with van der Waals surface area (Å²) in [6.45, 7) is -1.13. The van der Waals surface area contributed by atoms with Crippen LogP contribution in [0.25, 0.3) is 5.82 Å². The van der Waals surface area contributed by atoms with Crippen LogP contribution in [0.4, 0.5) is 13.2 Å². The largest absolute Gasteiger partial charge is 0.411 e. The quantitative estimate of drug-likeness (QED) is 0.789. The Morgan fingerprint density at radius 3 is 2.70 bits per heavy atom. The highest BCUT2D eigenvalue weighted by atomic mass is 19.4. The van der Waals surface area contributed by atoms with E-state index in [0.29, 0.717) is 17.8 Å². The van der Waals surface area contributed by atoms with E-state index in [4.69, 9.17) is 0 Å². The van der Waals surface area contributed by atoms with Gasteiger partial charge in [-0.1, -0.05) is 0 Å². The Labute approximate surface area is 130 Å². The summed E-state index contributed by atoms with van der Waals surface area (Å²) in [7, 11) is 1.72. The SMILES string of the molecule is Cn1ncc(C(=O)NCCCOCC(F)(F)F)c1-n1cccc1. The first-order chi connectivity index (χ1) is 10.9. The maximum absolute atomic E-state index is 12.2. The van der Waals surface area contributed by atoms with E-state index < -0.39 is 12.8 Å². The molecule has 0 aliphatic rings. The van der Waals surface area contributed by atoms with Crippen molar-refractivity contribution < 1.29 is 22.7 Å². The van der Waals surface area contributed by atoms with Crippen molar-refractivity contribution in [3.63, 3.8) is 0 Å². The molecule has 0 aliphatic heterocycles. The summed E-state index contributed by atoms with van der Waals surface area (Å²) in [5.74, 6) is 0.276. The van der Waals surface area contributed by atoms with Crippen molar-refractivity contribution in [3.05, 3.63) is 36.3 Å². The first kappa shape index (κ1) is 17.1. The first-order valence-corrected chi connectivity index (χ1v) is 6.96. The zero-order valence-electron chi connectivity index (χ0n) is 12.5. The number of ether oxygens (including phenoxy) is 1. The van der Waals surface area contributed by atoms with Gasteiger partial charge in [0.05, 0.1) is 6.20 Å². The Bertz CT molecular complexity index is 635. The van der Waals surface area contributed by atoms with E-state index >= 15 is 0 Å². The topological polar surface area (TPSA) is 61.1 Å². The van der Waals surface area contributed by atoms with E-state index in [1.165, 1.54) is 6.20 Å². The van der Waals surface area contributed by atoms with Crippen LogP contribution >= 0.6 is 0 Å². The molecule has 0 atom stereocenters. The van der Waals surface area contributed by atoms with Crippen LogP contribution in [0.3, 0.4) is 0 Å². The zero-order chi connectivity index (χ0) is 16.9. The number of carbonyl (C=O) groups excluding carboxylic acids is 1. The van der Waals surface area contributed by atoms with E-state index in [0.717, 1.165) is 0 Å². The summed E-state index contributed by atoms with van der Waals surface area (Å²) in [5.41, 5.74) is 0.389. The highest BCUT2D eigenvalue weighted by molar-refractivity contribution is 5.97. The maximum atomic E-state index is 12.2. The second-order valence-electron chi connectivity index (χ2n) is 4.87. The Hall–Kier alpha value is -2.29. The van der Waals surface area contributed by atoms with Gasteiger partial charge in [-0.05, 0) is 18.6 Å². The molecule has 0 spiro atoms. The lowest BCUT2D eigenvalue weighted by atomic mass is 10.3. The molecule has 1 N–H and O–H groups in total. The van der Waals surface area contributed by atoms with Crippen molar-refractivity contribution in [1.82, 2.24) is 19.7 Å². The van der Waals surface area contributed by atoms with Crippen LogP contribution in [0.1, 0.15) is 16.8 Å². The smallest absolute Gasteiger partial charge is 0.372 e. The molecule has 2 heterocycles. The molecule has 0 saturated heterocycles. The molecule has 23 heavy (non-hydrogen) atoms. The molecule has 0 aromatic carbocycles. The minimum absolute atomic E-state index is 0.0721. The Morgan fingerprint density at radius 2 is 2.04 bits per heavy atom. The van der Waals surface area contributed by atoms with Gasteiger partial charge in [0.15, 0.2) is 0 Å². The van der Waals surface area contributed by atoms with Gasteiger partial charge < -0.3 is 14.6 Å². The number of halogens is 3. The molecule has 1 amide bonds. The summed E-state index contributed by atoms with van der Waals surface area (Å²) in [5, 5.41) is 6.71. The van der Waals surface area contributed by atoms with Crippen molar-refractivity contribution in [2.75, 3.05) is 19.8 Å². The Balaban J connectivity index is 1.83. The second-order valence-corrected chi connectivity index (χ2v) is 4.87. The molecular weight excluding hydrogens is 313 g/mol. The van der Waals surface area contributed by atoms with Gasteiger partial charge in [-0.25, -0.2) is 0 Å². The van der Waals surface area contributed by atoms with E-state index in [2.05, 4.69) is 15.2 Å². The summed E-state index contributed by atoms with van der Waals surface area (Å²) in [4.78, 5) is 12.2. The van der Waals surface area contributed by atoms with E-state index in [9.17, 15) is 18.0 Å². The molecule has 0 radical (unpaired) electrons. The zero-order valence-corrected chi connectivity index (χ0v) is 12.5. The van der Waals surface area contributed by atoms with Gasteiger partial charge in [0.25, 0.3) is 5.91 Å².